The summed E-state index contributed by atoms with van der Waals surface area (Å²) in [7, 11) is 0. The number of rotatable bonds is 3. The molecular formula is C22H30O3. The highest BCUT2D eigenvalue weighted by Gasteiger charge is 2.57. The Morgan fingerprint density at radius 1 is 1.28 bits per heavy atom. The summed E-state index contributed by atoms with van der Waals surface area (Å²) in [5.41, 5.74) is 2.69. The van der Waals surface area contributed by atoms with Gasteiger partial charge in [0.25, 0.3) is 0 Å². The lowest BCUT2D eigenvalue weighted by atomic mass is 9.51. The first-order chi connectivity index (χ1) is 11.9. The molecule has 6 atom stereocenters. The highest BCUT2D eigenvalue weighted by Crippen LogP contribution is 2.63. The topological polar surface area (TPSA) is 57.5 Å². The van der Waals surface area contributed by atoms with Gasteiger partial charge in [-0.25, -0.2) is 0 Å². The number of aliphatic hydroxyl groups excluding tert-OH is 1. The lowest BCUT2D eigenvalue weighted by Gasteiger charge is -2.54. The first-order valence-electron chi connectivity index (χ1n) is 9.89. The van der Waals surface area contributed by atoms with Gasteiger partial charge in [-0.3, -0.25) is 0 Å². The molecule has 0 saturated heterocycles. The number of Topliss-reactive ketones (excluding diaryl/α,β-unsaturated/α-hetero) is 1. The monoisotopic (exact) mass is 342 g/mol. The van der Waals surface area contributed by atoms with E-state index in [1.54, 1.807) is 6.92 Å². The Hall–Kier alpha value is -1.35. The van der Waals surface area contributed by atoms with Crippen molar-refractivity contribution in [2.45, 2.75) is 70.8 Å². The number of hydrogen-bond donors (Lipinski definition) is 2. The van der Waals surface area contributed by atoms with E-state index in [1.807, 2.05) is 12.1 Å². The van der Waals surface area contributed by atoms with E-state index in [1.165, 1.54) is 11.1 Å². The van der Waals surface area contributed by atoms with E-state index in [-0.39, 0.29) is 17.3 Å². The molecule has 3 aliphatic rings. The average Bonchev–Trinajstić information content (AvgIpc) is 2.87. The summed E-state index contributed by atoms with van der Waals surface area (Å²) in [5, 5.41) is 20.6. The zero-order valence-corrected chi connectivity index (χ0v) is 15.4. The minimum atomic E-state index is -0.195. The van der Waals surface area contributed by atoms with Crippen LogP contribution in [0.2, 0.25) is 0 Å². The molecule has 0 aromatic heterocycles. The van der Waals surface area contributed by atoms with Crippen molar-refractivity contribution < 1.29 is 15.0 Å². The first kappa shape index (κ1) is 17.1. The zero-order valence-electron chi connectivity index (χ0n) is 15.4. The molecule has 5 unspecified atom stereocenters. The second-order valence-electron chi connectivity index (χ2n) is 9.02. The molecule has 2 fully saturated rings. The summed E-state index contributed by atoms with van der Waals surface area (Å²) in [6.07, 6.45) is 6.60. The Labute approximate surface area is 150 Å². The van der Waals surface area contributed by atoms with Crippen LogP contribution in [-0.4, -0.2) is 22.1 Å². The molecule has 0 bridgehead atoms. The number of aliphatic hydroxyl groups is 1. The second kappa shape index (κ2) is 6.12. The molecule has 0 spiro atoms. The summed E-state index contributed by atoms with van der Waals surface area (Å²) in [6, 6.07) is 5.88. The van der Waals surface area contributed by atoms with Gasteiger partial charge >= 0.3 is 0 Å². The minimum absolute atomic E-state index is 0.0110. The van der Waals surface area contributed by atoms with E-state index < -0.39 is 0 Å². The van der Waals surface area contributed by atoms with Crippen LogP contribution in [0.25, 0.3) is 0 Å². The molecular weight excluding hydrogens is 312 g/mol. The number of phenolic OH excluding ortho intramolecular Hbond substituents is 1. The Balaban J connectivity index is 1.73. The highest BCUT2D eigenvalue weighted by atomic mass is 16.3. The predicted molar refractivity (Wildman–Crippen MR) is 97.5 cm³/mol. The Kier molecular flexibility index (Phi) is 4.18. The second-order valence-corrected chi connectivity index (χ2v) is 9.02. The molecule has 0 radical (unpaired) electrons. The number of ketones is 1. The van der Waals surface area contributed by atoms with Crippen LogP contribution >= 0.6 is 0 Å². The molecule has 1 aromatic carbocycles. The molecule has 4 rings (SSSR count). The minimum Gasteiger partial charge on any atom is -0.508 e. The molecule has 0 aliphatic heterocycles. The molecule has 25 heavy (non-hydrogen) atoms. The average molecular weight is 342 g/mol. The molecule has 0 amide bonds. The Bertz CT molecular complexity index is 682. The SMILES string of the molecule is CC(=O)CC[C@H]1CC2(C)C(O)CCC2C2CCc3cc(O)ccc3C21. The number of aromatic hydroxyl groups is 1. The van der Waals surface area contributed by atoms with Gasteiger partial charge in [-0.05, 0) is 97.8 Å². The molecule has 0 heterocycles. The van der Waals surface area contributed by atoms with E-state index >= 15 is 0 Å². The third-order valence-corrected chi connectivity index (χ3v) is 7.65. The maximum atomic E-state index is 11.6. The predicted octanol–water partition coefficient (Wildman–Crippen LogP) is 4.20. The molecule has 3 heteroatoms. The number of carbonyl (C=O) groups is 1. The maximum absolute atomic E-state index is 11.6. The molecule has 2 N–H and O–H groups in total. The third kappa shape index (κ3) is 2.71. The molecule has 2 saturated carbocycles. The highest BCUT2D eigenvalue weighted by molar-refractivity contribution is 5.75. The van der Waals surface area contributed by atoms with Crippen molar-refractivity contribution in [3.05, 3.63) is 29.3 Å². The van der Waals surface area contributed by atoms with Crippen molar-refractivity contribution in [2.24, 2.45) is 23.2 Å². The Morgan fingerprint density at radius 3 is 2.84 bits per heavy atom. The van der Waals surface area contributed by atoms with Crippen molar-refractivity contribution >= 4 is 5.78 Å². The van der Waals surface area contributed by atoms with Gasteiger partial charge in [-0.1, -0.05) is 13.0 Å². The number of phenols is 1. The van der Waals surface area contributed by atoms with Gasteiger partial charge in [-0.2, -0.15) is 0 Å². The van der Waals surface area contributed by atoms with Gasteiger partial charge in [0.2, 0.25) is 0 Å². The van der Waals surface area contributed by atoms with E-state index in [2.05, 4.69) is 13.0 Å². The smallest absolute Gasteiger partial charge is 0.129 e. The van der Waals surface area contributed by atoms with Gasteiger partial charge in [0.1, 0.15) is 11.5 Å². The normalized spacial score (nSPS) is 39.4. The van der Waals surface area contributed by atoms with E-state index in [4.69, 9.17) is 0 Å². The van der Waals surface area contributed by atoms with Crippen LogP contribution in [0.1, 0.15) is 69.4 Å². The number of benzene rings is 1. The molecule has 1 aromatic rings. The van der Waals surface area contributed by atoms with Crippen molar-refractivity contribution in [3.8, 4) is 5.75 Å². The largest absolute Gasteiger partial charge is 0.508 e. The summed E-state index contributed by atoms with van der Waals surface area (Å²) in [5.74, 6) is 2.73. The number of fused-ring (bicyclic) bond motifs is 5. The summed E-state index contributed by atoms with van der Waals surface area (Å²) < 4.78 is 0. The van der Waals surface area contributed by atoms with Crippen LogP contribution < -0.4 is 0 Å². The third-order valence-electron chi connectivity index (χ3n) is 7.65. The standard InChI is InChI=1S/C22H30O3/c1-13(23)3-4-15-12-22(2)19(9-10-20(22)25)18-7-5-14-11-16(24)6-8-17(14)21(15)18/h6,8,11,15,18-21,24-25H,3-5,7,9-10,12H2,1-2H3/t15-,18?,19?,20?,21?,22?/m0/s1. The molecule has 3 aliphatic carbocycles. The van der Waals surface area contributed by atoms with Crippen molar-refractivity contribution in [1.29, 1.82) is 0 Å². The number of aryl methyl sites for hydroxylation is 1. The molecule has 136 valence electrons. The summed E-state index contributed by atoms with van der Waals surface area (Å²) in [4.78, 5) is 11.6. The number of hydrogen-bond acceptors (Lipinski definition) is 3. The summed E-state index contributed by atoms with van der Waals surface area (Å²) in [6.45, 7) is 3.97. The van der Waals surface area contributed by atoms with Gasteiger partial charge in [0.15, 0.2) is 0 Å². The van der Waals surface area contributed by atoms with Gasteiger partial charge in [0, 0.05) is 6.42 Å². The first-order valence-corrected chi connectivity index (χ1v) is 9.89. The van der Waals surface area contributed by atoms with Crippen LogP contribution in [0.5, 0.6) is 5.75 Å². The van der Waals surface area contributed by atoms with Crippen LogP contribution in [-0.2, 0) is 11.2 Å². The van der Waals surface area contributed by atoms with E-state index in [0.717, 1.165) is 38.5 Å². The van der Waals surface area contributed by atoms with Crippen LogP contribution in [0.15, 0.2) is 18.2 Å². The van der Waals surface area contributed by atoms with Crippen molar-refractivity contribution in [1.82, 2.24) is 0 Å². The zero-order chi connectivity index (χ0) is 17.8. The van der Waals surface area contributed by atoms with Gasteiger partial charge in [-0.15, -0.1) is 0 Å². The van der Waals surface area contributed by atoms with E-state index in [9.17, 15) is 15.0 Å². The maximum Gasteiger partial charge on any atom is 0.129 e. The number of carbonyl (C=O) groups excluding carboxylic acids is 1. The van der Waals surface area contributed by atoms with Gasteiger partial charge in [0.05, 0.1) is 6.10 Å². The lowest BCUT2D eigenvalue weighted by Crippen LogP contribution is -2.48. The summed E-state index contributed by atoms with van der Waals surface area (Å²) >= 11 is 0. The fourth-order valence-corrected chi connectivity index (χ4v) is 6.52. The van der Waals surface area contributed by atoms with E-state index in [0.29, 0.717) is 35.8 Å². The van der Waals surface area contributed by atoms with Crippen LogP contribution in [0, 0.1) is 23.2 Å². The quantitative estimate of drug-likeness (QED) is 0.865. The fraction of sp³-hybridized carbons (Fsp3) is 0.682. The van der Waals surface area contributed by atoms with Gasteiger partial charge < -0.3 is 15.0 Å². The molecule has 3 nitrogen and oxygen atoms in total. The van der Waals surface area contributed by atoms with Crippen molar-refractivity contribution in [2.75, 3.05) is 0 Å². The lowest BCUT2D eigenvalue weighted by molar-refractivity contribution is -0.117. The van der Waals surface area contributed by atoms with Crippen LogP contribution in [0.4, 0.5) is 0 Å². The Morgan fingerprint density at radius 2 is 2.08 bits per heavy atom. The van der Waals surface area contributed by atoms with Crippen LogP contribution in [0.3, 0.4) is 0 Å². The van der Waals surface area contributed by atoms with Crippen molar-refractivity contribution in [3.63, 3.8) is 0 Å². The fourth-order valence-electron chi connectivity index (χ4n) is 6.52.